The van der Waals surface area contributed by atoms with E-state index in [-0.39, 0.29) is 24.7 Å². The average molecular weight is 420 g/mol. The molecule has 0 fully saturated rings. The van der Waals surface area contributed by atoms with E-state index in [1.807, 2.05) is 48.9 Å². The molecule has 0 bridgehead atoms. The Morgan fingerprint density at radius 1 is 1.10 bits per heavy atom. The van der Waals surface area contributed by atoms with Crippen LogP contribution in [0.4, 0.5) is 0 Å². The maximum atomic E-state index is 12.5. The Balaban J connectivity index is 1.78. The molecule has 1 N–H and O–H groups in total. The maximum absolute atomic E-state index is 12.5. The van der Waals surface area contributed by atoms with Crippen molar-refractivity contribution in [1.82, 2.24) is 24.3 Å². The van der Waals surface area contributed by atoms with Crippen LogP contribution in [0.2, 0.25) is 0 Å². The van der Waals surface area contributed by atoms with E-state index in [0.29, 0.717) is 12.8 Å². The molecule has 0 aliphatic carbocycles. The van der Waals surface area contributed by atoms with Crippen LogP contribution in [-0.4, -0.2) is 33.7 Å². The molecule has 0 atom stereocenters. The van der Waals surface area contributed by atoms with E-state index in [4.69, 9.17) is 9.52 Å². The number of benzene rings is 1. The molecule has 0 saturated heterocycles. The number of hydrogen-bond acceptors (Lipinski definition) is 6. The molecule has 3 rings (SSSR count). The molecule has 2 heterocycles. The van der Waals surface area contributed by atoms with Crippen molar-refractivity contribution in [2.24, 2.45) is 0 Å². The van der Waals surface area contributed by atoms with Gasteiger partial charge in [0.1, 0.15) is 0 Å². The molecule has 0 spiro atoms. The number of hydrogen-bond donors (Lipinski definition) is 1. The number of nitrogens with zero attached hydrogens (tertiary/aromatic N) is 4. The molecule has 3 aromatic rings. The Kier molecular flexibility index (Phi) is 6.33. The highest BCUT2D eigenvalue weighted by atomic mass is 32.2. The number of nitrogens with one attached hydrogen (secondary N) is 1. The first-order valence-electron chi connectivity index (χ1n) is 9.51. The minimum Gasteiger partial charge on any atom is -0.393 e. The van der Waals surface area contributed by atoms with Crippen molar-refractivity contribution in [3.05, 3.63) is 63.7 Å². The van der Waals surface area contributed by atoms with Gasteiger partial charge in [-0.1, -0.05) is 32.0 Å². The smallest absolute Gasteiger partial charge is 0.393 e. The quantitative estimate of drug-likeness (QED) is 0.563. The molecular formula is C19H25N5O4S. The molecule has 0 unspecified atom stereocenters. The lowest BCUT2D eigenvalue weighted by Gasteiger charge is -2.10. The summed E-state index contributed by atoms with van der Waals surface area (Å²) in [6, 6.07) is 9.76. The van der Waals surface area contributed by atoms with Crippen molar-refractivity contribution in [2.45, 2.75) is 46.7 Å². The lowest BCUT2D eigenvalue weighted by Crippen LogP contribution is -2.30. The first-order chi connectivity index (χ1) is 13.8. The van der Waals surface area contributed by atoms with E-state index in [9.17, 15) is 13.2 Å². The monoisotopic (exact) mass is 419 g/mol. The second-order valence-corrected chi connectivity index (χ2v) is 8.50. The first kappa shape index (κ1) is 21.0. The van der Waals surface area contributed by atoms with Crippen LogP contribution in [0.15, 0.2) is 39.5 Å². The summed E-state index contributed by atoms with van der Waals surface area (Å²) in [7, 11) is -3.62. The van der Waals surface area contributed by atoms with E-state index in [1.165, 1.54) is 6.92 Å². The van der Waals surface area contributed by atoms with Crippen molar-refractivity contribution in [3.63, 3.8) is 0 Å². The standard InChI is InChI=1S/C19H25N5O4S/c1-4-17-16(18(5-2)24(22-17)15-9-7-6-8-10-15)13-20-29(26,27)12-11-23-19(25)28-14(3)21-23/h6-10,20H,4-5,11-13H2,1-3H3. The topological polar surface area (TPSA) is 112 Å². The summed E-state index contributed by atoms with van der Waals surface area (Å²) < 4.78 is 35.2. The van der Waals surface area contributed by atoms with E-state index >= 15 is 0 Å². The summed E-state index contributed by atoms with van der Waals surface area (Å²) in [5.41, 5.74) is 3.65. The van der Waals surface area contributed by atoms with Gasteiger partial charge in [0.05, 0.1) is 23.7 Å². The lowest BCUT2D eigenvalue weighted by atomic mass is 10.1. The maximum Gasteiger partial charge on any atom is 0.437 e. The zero-order valence-electron chi connectivity index (χ0n) is 16.8. The number of para-hydroxylation sites is 1. The highest BCUT2D eigenvalue weighted by molar-refractivity contribution is 7.89. The van der Waals surface area contributed by atoms with E-state index in [2.05, 4.69) is 9.82 Å². The number of aromatic nitrogens is 4. The van der Waals surface area contributed by atoms with Crippen LogP contribution in [0.25, 0.3) is 5.69 Å². The predicted octanol–water partition coefficient (Wildman–Crippen LogP) is 1.57. The van der Waals surface area contributed by atoms with Crippen molar-refractivity contribution in [2.75, 3.05) is 5.75 Å². The Morgan fingerprint density at radius 3 is 2.41 bits per heavy atom. The minimum atomic E-state index is -3.62. The average Bonchev–Trinajstić information content (AvgIpc) is 3.23. The molecule has 29 heavy (non-hydrogen) atoms. The molecule has 0 aliphatic rings. The van der Waals surface area contributed by atoms with Gasteiger partial charge >= 0.3 is 5.76 Å². The van der Waals surface area contributed by atoms with Gasteiger partial charge in [-0.15, -0.1) is 5.10 Å². The normalized spacial score (nSPS) is 11.8. The Hall–Kier alpha value is -2.72. The zero-order valence-corrected chi connectivity index (χ0v) is 17.6. The fourth-order valence-electron chi connectivity index (χ4n) is 3.18. The van der Waals surface area contributed by atoms with Crippen LogP contribution in [0.5, 0.6) is 0 Å². The molecule has 0 radical (unpaired) electrons. The first-order valence-corrected chi connectivity index (χ1v) is 11.2. The fourth-order valence-corrected chi connectivity index (χ4v) is 4.10. The lowest BCUT2D eigenvalue weighted by molar-refractivity contribution is 0.462. The highest BCUT2D eigenvalue weighted by Crippen LogP contribution is 2.20. The van der Waals surface area contributed by atoms with Crippen LogP contribution in [0.1, 0.15) is 36.7 Å². The van der Waals surface area contributed by atoms with Crippen LogP contribution in [0.3, 0.4) is 0 Å². The molecular weight excluding hydrogens is 394 g/mol. The second kappa shape index (κ2) is 8.75. The van der Waals surface area contributed by atoms with Gasteiger partial charge in [-0.25, -0.2) is 22.6 Å². The number of sulfonamides is 1. The van der Waals surface area contributed by atoms with Crippen molar-refractivity contribution in [1.29, 1.82) is 0 Å². The molecule has 9 nitrogen and oxygen atoms in total. The largest absolute Gasteiger partial charge is 0.437 e. The molecule has 10 heteroatoms. The van der Waals surface area contributed by atoms with E-state index < -0.39 is 15.8 Å². The summed E-state index contributed by atoms with van der Waals surface area (Å²) in [5.74, 6) is -0.730. The van der Waals surface area contributed by atoms with Gasteiger partial charge in [0.2, 0.25) is 15.9 Å². The van der Waals surface area contributed by atoms with Gasteiger partial charge < -0.3 is 4.42 Å². The van der Waals surface area contributed by atoms with Crippen molar-refractivity contribution >= 4 is 10.0 Å². The summed E-state index contributed by atoms with van der Waals surface area (Å²) in [6.07, 6.45) is 1.41. The number of rotatable bonds is 9. The van der Waals surface area contributed by atoms with Gasteiger partial charge in [0.25, 0.3) is 0 Å². The Labute approximate surface area is 169 Å². The zero-order chi connectivity index (χ0) is 21.0. The van der Waals surface area contributed by atoms with Crippen LogP contribution in [-0.2, 0) is 36.0 Å². The summed E-state index contributed by atoms with van der Waals surface area (Å²) in [4.78, 5) is 11.5. The summed E-state index contributed by atoms with van der Waals surface area (Å²) >= 11 is 0. The SMILES string of the molecule is CCc1nn(-c2ccccc2)c(CC)c1CNS(=O)(=O)CCn1nc(C)oc1=O. The molecule has 0 aliphatic heterocycles. The van der Waals surface area contributed by atoms with Crippen LogP contribution >= 0.6 is 0 Å². The summed E-state index contributed by atoms with van der Waals surface area (Å²) in [5, 5.41) is 8.55. The number of aryl methyl sites for hydroxylation is 3. The van der Waals surface area contributed by atoms with Gasteiger partial charge in [0.15, 0.2) is 0 Å². The third-order valence-electron chi connectivity index (χ3n) is 4.59. The third kappa shape index (κ3) is 4.83. The van der Waals surface area contributed by atoms with Crippen LogP contribution < -0.4 is 10.5 Å². The van der Waals surface area contributed by atoms with E-state index in [1.54, 1.807) is 0 Å². The van der Waals surface area contributed by atoms with E-state index in [0.717, 1.165) is 27.3 Å². The highest BCUT2D eigenvalue weighted by Gasteiger charge is 2.19. The molecule has 0 amide bonds. The summed E-state index contributed by atoms with van der Waals surface area (Å²) in [6.45, 7) is 5.62. The second-order valence-electron chi connectivity index (χ2n) is 6.58. The Bertz CT molecular complexity index is 1130. The fraction of sp³-hybridized carbons (Fsp3) is 0.421. The molecule has 1 aromatic carbocycles. The van der Waals surface area contributed by atoms with Crippen molar-refractivity contribution < 1.29 is 12.8 Å². The van der Waals surface area contributed by atoms with Gasteiger partial charge in [-0.2, -0.15) is 9.78 Å². The minimum absolute atomic E-state index is 0.0734. The third-order valence-corrected chi connectivity index (χ3v) is 5.90. The Morgan fingerprint density at radius 2 is 1.83 bits per heavy atom. The molecule has 2 aromatic heterocycles. The van der Waals surface area contributed by atoms with Crippen LogP contribution in [0, 0.1) is 6.92 Å². The van der Waals surface area contributed by atoms with Gasteiger partial charge in [-0.05, 0) is 25.0 Å². The molecule has 156 valence electrons. The molecule has 0 saturated carbocycles. The van der Waals surface area contributed by atoms with Crippen molar-refractivity contribution in [3.8, 4) is 5.69 Å². The van der Waals surface area contributed by atoms with Gasteiger partial charge in [0, 0.05) is 24.7 Å². The van der Waals surface area contributed by atoms with Gasteiger partial charge in [-0.3, -0.25) is 0 Å². The predicted molar refractivity (Wildman–Crippen MR) is 108 cm³/mol.